The lowest BCUT2D eigenvalue weighted by atomic mass is 10.1. The van der Waals surface area contributed by atoms with Gasteiger partial charge < -0.3 is 23.4 Å². The number of epoxide rings is 2. The highest BCUT2D eigenvalue weighted by molar-refractivity contribution is 5.86. The molecule has 2 aromatic carbocycles. The van der Waals surface area contributed by atoms with Gasteiger partial charge in [-0.05, 0) is 0 Å². The van der Waals surface area contributed by atoms with Crippen molar-refractivity contribution in [1.29, 1.82) is 0 Å². The molecule has 2 aliphatic heterocycles. The lowest BCUT2D eigenvalue weighted by molar-refractivity contribution is 0.253. The molecule has 0 saturated carbocycles. The van der Waals surface area contributed by atoms with Crippen LogP contribution in [0.4, 0.5) is 0 Å². The number of ether oxygens (including phenoxy) is 4. The van der Waals surface area contributed by atoms with Crippen molar-refractivity contribution in [2.24, 2.45) is 0 Å². The quantitative estimate of drug-likeness (QED) is 0.599. The minimum Gasteiger partial charge on any atom is -0.491 e. The Morgan fingerprint density at radius 3 is 2.33 bits per heavy atom. The van der Waals surface area contributed by atoms with Gasteiger partial charge in [0.25, 0.3) is 0 Å². The summed E-state index contributed by atoms with van der Waals surface area (Å²) in [4.78, 5) is 12.8. The fourth-order valence-electron chi connectivity index (χ4n) is 2.87. The Hall–Kier alpha value is -2.83. The normalized spacial score (nSPS) is 20.4. The monoisotopic (exact) mass is 366 g/mol. The molecule has 2 saturated heterocycles. The SMILES string of the molecule is O=c1cc(-c2ccccc2)oc2cc(OCC3CO3)cc(OCC3CO3)c12. The molecule has 0 amide bonds. The van der Waals surface area contributed by atoms with Gasteiger partial charge in [0.05, 0.1) is 13.2 Å². The third kappa shape index (κ3) is 3.67. The molecule has 3 heterocycles. The van der Waals surface area contributed by atoms with Gasteiger partial charge in [-0.25, -0.2) is 0 Å². The Labute approximate surface area is 155 Å². The highest BCUT2D eigenvalue weighted by Gasteiger charge is 2.25. The molecule has 0 spiro atoms. The van der Waals surface area contributed by atoms with Crippen LogP contribution in [0.2, 0.25) is 0 Å². The van der Waals surface area contributed by atoms with Crippen molar-refractivity contribution in [3.63, 3.8) is 0 Å². The molecule has 3 aromatic rings. The summed E-state index contributed by atoms with van der Waals surface area (Å²) in [5, 5.41) is 0.408. The molecule has 0 bridgehead atoms. The summed E-state index contributed by atoms with van der Waals surface area (Å²) in [5.41, 5.74) is 1.12. The van der Waals surface area contributed by atoms with Gasteiger partial charge in [-0.1, -0.05) is 30.3 Å². The van der Waals surface area contributed by atoms with Crippen LogP contribution in [-0.4, -0.2) is 38.6 Å². The maximum atomic E-state index is 12.8. The van der Waals surface area contributed by atoms with Gasteiger partial charge in [-0.2, -0.15) is 0 Å². The van der Waals surface area contributed by atoms with Gasteiger partial charge in [-0.3, -0.25) is 4.79 Å². The first-order valence-electron chi connectivity index (χ1n) is 8.92. The van der Waals surface area contributed by atoms with E-state index >= 15 is 0 Å². The summed E-state index contributed by atoms with van der Waals surface area (Å²) in [6, 6.07) is 14.5. The molecule has 0 aliphatic carbocycles. The van der Waals surface area contributed by atoms with Crippen LogP contribution in [0.3, 0.4) is 0 Å². The molecule has 6 heteroatoms. The summed E-state index contributed by atoms with van der Waals surface area (Å²) in [5.74, 6) is 1.54. The lowest BCUT2D eigenvalue weighted by Crippen LogP contribution is -2.10. The molecule has 5 rings (SSSR count). The zero-order valence-electron chi connectivity index (χ0n) is 14.6. The molecule has 1 aromatic heterocycles. The van der Waals surface area contributed by atoms with E-state index < -0.39 is 0 Å². The summed E-state index contributed by atoms with van der Waals surface area (Å²) in [6.07, 6.45) is 0.215. The van der Waals surface area contributed by atoms with Crippen molar-refractivity contribution in [2.75, 3.05) is 26.4 Å². The lowest BCUT2D eigenvalue weighted by Gasteiger charge is -2.12. The van der Waals surface area contributed by atoms with Gasteiger partial charge in [0, 0.05) is 23.8 Å². The predicted octanol–water partition coefficient (Wildman–Crippen LogP) is 3.02. The summed E-state index contributed by atoms with van der Waals surface area (Å²) in [6.45, 7) is 2.24. The fourth-order valence-corrected chi connectivity index (χ4v) is 2.87. The van der Waals surface area contributed by atoms with Gasteiger partial charge in [-0.15, -0.1) is 0 Å². The van der Waals surface area contributed by atoms with Crippen molar-refractivity contribution in [3.05, 3.63) is 58.8 Å². The first-order valence-corrected chi connectivity index (χ1v) is 8.92. The van der Waals surface area contributed by atoms with Crippen molar-refractivity contribution in [3.8, 4) is 22.8 Å². The van der Waals surface area contributed by atoms with E-state index in [2.05, 4.69) is 0 Å². The maximum Gasteiger partial charge on any atom is 0.197 e. The Morgan fingerprint density at radius 1 is 0.926 bits per heavy atom. The van der Waals surface area contributed by atoms with Crippen LogP contribution in [0.5, 0.6) is 11.5 Å². The molecule has 0 N–H and O–H groups in total. The van der Waals surface area contributed by atoms with Gasteiger partial charge >= 0.3 is 0 Å². The van der Waals surface area contributed by atoms with E-state index in [4.69, 9.17) is 23.4 Å². The Morgan fingerprint density at radius 2 is 1.63 bits per heavy atom. The largest absolute Gasteiger partial charge is 0.491 e. The van der Waals surface area contributed by atoms with Crippen LogP contribution < -0.4 is 14.9 Å². The van der Waals surface area contributed by atoms with E-state index in [0.29, 0.717) is 54.7 Å². The molecular weight excluding hydrogens is 348 g/mol. The Balaban J connectivity index is 1.57. The van der Waals surface area contributed by atoms with Crippen LogP contribution >= 0.6 is 0 Å². The first kappa shape index (κ1) is 16.4. The highest BCUT2D eigenvalue weighted by Crippen LogP contribution is 2.33. The number of hydrogen-bond donors (Lipinski definition) is 0. The summed E-state index contributed by atoms with van der Waals surface area (Å²) >= 11 is 0. The average molecular weight is 366 g/mol. The zero-order valence-corrected chi connectivity index (χ0v) is 14.6. The minimum absolute atomic E-state index is 0.0834. The number of rotatable bonds is 7. The Bertz CT molecular complexity index is 1020. The molecule has 6 nitrogen and oxygen atoms in total. The second kappa shape index (κ2) is 6.72. The molecule has 2 aliphatic rings. The van der Waals surface area contributed by atoms with Gasteiger partial charge in [0.15, 0.2) is 5.43 Å². The second-order valence-corrected chi connectivity index (χ2v) is 6.67. The Kier molecular flexibility index (Phi) is 4.07. The molecule has 2 fully saturated rings. The molecule has 2 atom stereocenters. The van der Waals surface area contributed by atoms with Crippen LogP contribution in [-0.2, 0) is 9.47 Å². The van der Waals surface area contributed by atoms with E-state index in [-0.39, 0.29) is 17.6 Å². The predicted molar refractivity (Wildman–Crippen MR) is 98.4 cm³/mol. The number of benzene rings is 2. The molecular formula is C21H18O6. The number of hydrogen-bond acceptors (Lipinski definition) is 6. The molecule has 0 radical (unpaired) electrons. The number of fused-ring (bicyclic) bond motifs is 1. The molecule has 138 valence electrons. The summed E-state index contributed by atoms with van der Waals surface area (Å²) < 4.78 is 28.0. The van der Waals surface area contributed by atoms with Crippen molar-refractivity contribution >= 4 is 11.0 Å². The van der Waals surface area contributed by atoms with Crippen molar-refractivity contribution in [1.82, 2.24) is 0 Å². The molecule has 2 unspecified atom stereocenters. The maximum absolute atomic E-state index is 12.8. The van der Waals surface area contributed by atoms with E-state index in [1.165, 1.54) is 6.07 Å². The van der Waals surface area contributed by atoms with E-state index in [9.17, 15) is 4.79 Å². The fraction of sp³-hybridized carbons (Fsp3) is 0.286. The van der Waals surface area contributed by atoms with Crippen LogP contribution in [0.25, 0.3) is 22.3 Å². The van der Waals surface area contributed by atoms with Crippen LogP contribution in [0.1, 0.15) is 0 Å². The first-order chi connectivity index (χ1) is 13.3. The van der Waals surface area contributed by atoms with E-state index in [0.717, 1.165) is 5.56 Å². The topological polar surface area (TPSA) is 73.7 Å². The zero-order chi connectivity index (χ0) is 18.2. The highest BCUT2D eigenvalue weighted by atomic mass is 16.6. The average Bonchev–Trinajstić information content (AvgIpc) is 3.60. The van der Waals surface area contributed by atoms with E-state index in [1.807, 2.05) is 30.3 Å². The van der Waals surface area contributed by atoms with Crippen molar-refractivity contribution < 1.29 is 23.4 Å². The summed E-state index contributed by atoms with van der Waals surface area (Å²) in [7, 11) is 0. The minimum atomic E-state index is -0.154. The van der Waals surface area contributed by atoms with Gasteiger partial charge in [0.1, 0.15) is 53.7 Å². The van der Waals surface area contributed by atoms with Crippen molar-refractivity contribution in [2.45, 2.75) is 12.2 Å². The van der Waals surface area contributed by atoms with Crippen LogP contribution in [0.15, 0.2) is 57.7 Å². The third-order valence-electron chi connectivity index (χ3n) is 4.49. The molecule has 27 heavy (non-hydrogen) atoms. The standard InChI is InChI=1S/C21H18O6/c22-17-8-18(13-4-2-1-3-5-13)27-20-7-14(23-9-15-10-24-15)6-19(21(17)20)26-12-16-11-25-16/h1-8,15-16H,9-12H2. The second-order valence-electron chi connectivity index (χ2n) is 6.67. The van der Waals surface area contributed by atoms with Gasteiger partial charge in [0.2, 0.25) is 0 Å². The van der Waals surface area contributed by atoms with Crippen LogP contribution in [0, 0.1) is 0 Å². The van der Waals surface area contributed by atoms with E-state index in [1.54, 1.807) is 12.1 Å². The third-order valence-corrected chi connectivity index (χ3v) is 4.49. The smallest absolute Gasteiger partial charge is 0.197 e.